The zero-order chi connectivity index (χ0) is 10.1. The molecule has 2 aromatic rings. The van der Waals surface area contributed by atoms with Crippen molar-refractivity contribution in [3.8, 4) is 0 Å². The minimum absolute atomic E-state index is 0.160. The van der Waals surface area contributed by atoms with Crippen LogP contribution in [-0.4, -0.2) is 34.7 Å². The number of pyridine rings is 1. The third kappa shape index (κ3) is 1.60. The SMILES string of the molecule is c1cnc2nc(C3COCCN3)[nH]c2c1. The molecule has 2 N–H and O–H groups in total. The van der Waals surface area contributed by atoms with Crippen molar-refractivity contribution in [3.05, 3.63) is 24.2 Å². The average Bonchev–Trinajstić information content (AvgIpc) is 2.74. The third-order valence-electron chi connectivity index (χ3n) is 2.53. The predicted octanol–water partition coefficient (Wildman–Crippen LogP) is 0.619. The number of morpholine rings is 1. The molecule has 3 rings (SSSR count). The molecule has 78 valence electrons. The van der Waals surface area contributed by atoms with Gasteiger partial charge in [-0.3, -0.25) is 0 Å². The molecule has 1 aliphatic heterocycles. The summed E-state index contributed by atoms with van der Waals surface area (Å²) < 4.78 is 5.39. The van der Waals surface area contributed by atoms with Gasteiger partial charge in [-0.2, -0.15) is 0 Å². The summed E-state index contributed by atoms with van der Waals surface area (Å²) in [7, 11) is 0. The molecule has 2 aromatic heterocycles. The lowest BCUT2D eigenvalue weighted by Gasteiger charge is -2.21. The van der Waals surface area contributed by atoms with Crippen LogP contribution in [0.3, 0.4) is 0 Å². The summed E-state index contributed by atoms with van der Waals surface area (Å²) in [6.45, 7) is 2.31. The van der Waals surface area contributed by atoms with Gasteiger partial charge in [0.1, 0.15) is 5.82 Å². The van der Waals surface area contributed by atoms with Crippen molar-refractivity contribution in [2.75, 3.05) is 19.8 Å². The molecule has 0 radical (unpaired) electrons. The van der Waals surface area contributed by atoms with Gasteiger partial charge >= 0.3 is 0 Å². The van der Waals surface area contributed by atoms with Crippen LogP contribution in [0.25, 0.3) is 11.2 Å². The van der Waals surface area contributed by atoms with E-state index in [1.165, 1.54) is 0 Å². The normalized spacial score (nSPS) is 22.0. The van der Waals surface area contributed by atoms with E-state index in [1.807, 2.05) is 12.1 Å². The Kier molecular flexibility index (Phi) is 2.12. The lowest BCUT2D eigenvalue weighted by atomic mass is 10.3. The molecule has 0 spiro atoms. The van der Waals surface area contributed by atoms with Crippen LogP contribution in [0.2, 0.25) is 0 Å². The summed E-state index contributed by atoms with van der Waals surface area (Å²) >= 11 is 0. The summed E-state index contributed by atoms with van der Waals surface area (Å²) in [5, 5.41) is 3.35. The van der Waals surface area contributed by atoms with Gasteiger partial charge in [0.25, 0.3) is 0 Å². The van der Waals surface area contributed by atoms with Crippen LogP contribution >= 0.6 is 0 Å². The van der Waals surface area contributed by atoms with E-state index < -0.39 is 0 Å². The molecule has 15 heavy (non-hydrogen) atoms. The second kappa shape index (κ2) is 3.60. The fourth-order valence-electron chi connectivity index (χ4n) is 1.77. The molecule has 0 saturated carbocycles. The molecular formula is C10H12N4O. The fraction of sp³-hybridized carbons (Fsp3) is 0.400. The number of aromatic nitrogens is 3. The van der Waals surface area contributed by atoms with Gasteiger partial charge in [-0.1, -0.05) is 0 Å². The van der Waals surface area contributed by atoms with Crippen LogP contribution in [0.1, 0.15) is 11.9 Å². The highest BCUT2D eigenvalue weighted by Crippen LogP contribution is 2.15. The van der Waals surface area contributed by atoms with Gasteiger partial charge in [-0.05, 0) is 12.1 Å². The molecule has 5 heteroatoms. The number of fused-ring (bicyclic) bond motifs is 1. The Balaban J connectivity index is 1.96. The molecule has 0 aromatic carbocycles. The molecule has 0 aliphatic carbocycles. The molecule has 0 bridgehead atoms. The van der Waals surface area contributed by atoms with Gasteiger partial charge in [0, 0.05) is 12.7 Å². The third-order valence-corrected chi connectivity index (χ3v) is 2.53. The van der Waals surface area contributed by atoms with E-state index in [1.54, 1.807) is 6.20 Å². The van der Waals surface area contributed by atoms with Crippen LogP contribution in [-0.2, 0) is 4.74 Å². The largest absolute Gasteiger partial charge is 0.378 e. The van der Waals surface area contributed by atoms with Crippen molar-refractivity contribution in [2.45, 2.75) is 6.04 Å². The molecular weight excluding hydrogens is 192 g/mol. The number of ether oxygens (including phenoxy) is 1. The van der Waals surface area contributed by atoms with Crippen LogP contribution in [0.15, 0.2) is 18.3 Å². The summed E-state index contributed by atoms with van der Waals surface area (Å²) in [6.07, 6.45) is 1.75. The quantitative estimate of drug-likeness (QED) is 0.714. The minimum Gasteiger partial charge on any atom is -0.378 e. The number of imidazole rings is 1. The zero-order valence-electron chi connectivity index (χ0n) is 8.23. The van der Waals surface area contributed by atoms with Crippen LogP contribution in [0.5, 0.6) is 0 Å². The second-order valence-corrected chi connectivity index (χ2v) is 3.58. The maximum atomic E-state index is 5.39. The molecule has 1 saturated heterocycles. The molecule has 1 fully saturated rings. The van der Waals surface area contributed by atoms with Gasteiger partial charge in [-0.15, -0.1) is 0 Å². The minimum atomic E-state index is 0.160. The van der Waals surface area contributed by atoms with Crippen molar-refractivity contribution in [2.24, 2.45) is 0 Å². The Hall–Kier alpha value is -1.46. The van der Waals surface area contributed by atoms with Gasteiger partial charge in [-0.25, -0.2) is 9.97 Å². The Morgan fingerprint density at radius 1 is 1.47 bits per heavy atom. The number of hydrogen-bond acceptors (Lipinski definition) is 4. The first-order valence-corrected chi connectivity index (χ1v) is 5.05. The Morgan fingerprint density at radius 2 is 2.47 bits per heavy atom. The molecule has 0 amide bonds. The van der Waals surface area contributed by atoms with E-state index in [9.17, 15) is 0 Å². The Morgan fingerprint density at radius 3 is 3.27 bits per heavy atom. The van der Waals surface area contributed by atoms with E-state index in [0.717, 1.165) is 30.1 Å². The Bertz CT molecular complexity index is 428. The molecule has 3 heterocycles. The number of hydrogen-bond donors (Lipinski definition) is 2. The van der Waals surface area contributed by atoms with E-state index >= 15 is 0 Å². The van der Waals surface area contributed by atoms with Gasteiger partial charge in [0.2, 0.25) is 0 Å². The maximum absolute atomic E-state index is 5.39. The Labute approximate surface area is 86.9 Å². The highest BCUT2D eigenvalue weighted by Gasteiger charge is 2.18. The highest BCUT2D eigenvalue weighted by atomic mass is 16.5. The monoisotopic (exact) mass is 204 g/mol. The number of nitrogens with one attached hydrogen (secondary N) is 2. The van der Waals surface area contributed by atoms with Crippen molar-refractivity contribution >= 4 is 11.2 Å². The first kappa shape index (κ1) is 8.82. The molecule has 1 atom stereocenters. The topological polar surface area (TPSA) is 62.8 Å². The standard InChI is InChI=1S/C10H12N4O/c1-2-7-9(12-3-1)14-10(13-7)8-6-15-5-4-11-8/h1-3,8,11H,4-6H2,(H,12,13,14). The van der Waals surface area contributed by atoms with E-state index in [2.05, 4.69) is 20.3 Å². The first-order chi connectivity index (χ1) is 7.43. The summed E-state index contributed by atoms with van der Waals surface area (Å²) in [6, 6.07) is 4.03. The summed E-state index contributed by atoms with van der Waals surface area (Å²) in [5.74, 6) is 0.906. The van der Waals surface area contributed by atoms with E-state index in [0.29, 0.717) is 6.61 Å². The summed E-state index contributed by atoms with van der Waals surface area (Å²) in [5.41, 5.74) is 1.74. The number of rotatable bonds is 1. The number of H-pyrrole nitrogens is 1. The van der Waals surface area contributed by atoms with Gasteiger partial charge in [0.15, 0.2) is 5.65 Å². The lowest BCUT2D eigenvalue weighted by molar-refractivity contribution is 0.0746. The first-order valence-electron chi connectivity index (χ1n) is 5.05. The second-order valence-electron chi connectivity index (χ2n) is 3.58. The predicted molar refractivity (Wildman–Crippen MR) is 55.5 cm³/mol. The van der Waals surface area contributed by atoms with Crippen molar-refractivity contribution in [3.63, 3.8) is 0 Å². The number of aromatic amines is 1. The zero-order valence-corrected chi connectivity index (χ0v) is 8.23. The fourth-order valence-corrected chi connectivity index (χ4v) is 1.77. The van der Waals surface area contributed by atoms with Crippen LogP contribution in [0.4, 0.5) is 0 Å². The van der Waals surface area contributed by atoms with Crippen molar-refractivity contribution < 1.29 is 4.74 Å². The van der Waals surface area contributed by atoms with Crippen LogP contribution < -0.4 is 5.32 Å². The van der Waals surface area contributed by atoms with Crippen molar-refractivity contribution in [1.82, 2.24) is 20.3 Å². The van der Waals surface area contributed by atoms with E-state index in [4.69, 9.17) is 4.74 Å². The maximum Gasteiger partial charge on any atom is 0.177 e. The van der Waals surface area contributed by atoms with Crippen LogP contribution in [0, 0.1) is 0 Å². The van der Waals surface area contributed by atoms with Gasteiger partial charge < -0.3 is 15.0 Å². The van der Waals surface area contributed by atoms with Crippen molar-refractivity contribution in [1.29, 1.82) is 0 Å². The lowest BCUT2D eigenvalue weighted by Crippen LogP contribution is -2.35. The van der Waals surface area contributed by atoms with Gasteiger partial charge in [0.05, 0.1) is 24.8 Å². The molecule has 1 unspecified atom stereocenters. The smallest absolute Gasteiger partial charge is 0.177 e. The summed E-state index contributed by atoms with van der Waals surface area (Å²) in [4.78, 5) is 11.9. The van der Waals surface area contributed by atoms with E-state index in [-0.39, 0.29) is 6.04 Å². The molecule has 5 nitrogen and oxygen atoms in total. The molecule has 1 aliphatic rings. The number of nitrogens with zero attached hydrogens (tertiary/aromatic N) is 2. The average molecular weight is 204 g/mol. The highest BCUT2D eigenvalue weighted by molar-refractivity contribution is 5.69.